The van der Waals surface area contributed by atoms with Gasteiger partial charge in [0.15, 0.2) is 5.69 Å². The highest BCUT2D eigenvalue weighted by Crippen LogP contribution is 2.26. The fourth-order valence-corrected chi connectivity index (χ4v) is 4.66. The molecule has 1 fully saturated rings. The minimum absolute atomic E-state index is 0.0526. The average Bonchev–Trinajstić information content (AvgIpc) is 3.47. The van der Waals surface area contributed by atoms with Crippen LogP contribution in [0.15, 0.2) is 53.2 Å². The van der Waals surface area contributed by atoms with Crippen molar-refractivity contribution in [1.82, 2.24) is 24.9 Å². The highest BCUT2D eigenvalue weighted by Gasteiger charge is 2.23. The van der Waals surface area contributed by atoms with Crippen molar-refractivity contribution < 1.29 is 18.0 Å². The molecule has 11 heteroatoms. The topological polar surface area (TPSA) is 82.1 Å². The van der Waals surface area contributed by atoms with Gasteiger partial charge in [-0.2, -0.15) is 30.6 Å². The Bertz CT molecular complexity index is 1280. The van der Waals surface area contributed by atoms with Gasteiger partial charge in [-0.25, -0.2) is 4.98 Å². The highest BCUT2D eigenvalue weighted by atomic mass is 32.2. The fraction of sp³-hybridized carbons (Fsp3) is 0.333. The number of rotatable bonds is 7. The third-order valence-corrected chi connectivity index (χ3v) is 6.45. The summed E-state index contributed by atoms with van der Waals surface area (Å²) in [5.74, 6) is 3.93. The maximum absolute atomic E-state index is 13.0. The maximum Gasteiger partial charge on any atom is 0.394 e. The van der Waals surface area contributed by atoms with Crippen molar-refractivity contribution in [3.05, 3.63) is 59.9 Å². The summed E-state index contributed by atoms with van der Waals surface area (Å²) >= 11 is 1.97. The number of aryl methyl sites for hydroxylation is 1. The zero-order valence-electron chi connectivity index (χ0n) is 19.3. The van der Waals surface area contributed by atoms with Crippen molar-refractivity contribution in [2.45, 2.75) is 26.5 Å². The van der Waals surface area contributed by atoms with Gasteiger partial charge in [0, 0.05) is 49.0 Å². The molecule has 0 N–H and O–H groups in total. The lowest BCUT2D eigenvalue weighted by Crippen LogP contribution is -2.33. The number of hydrogen-bond donors (Lipinski definition) is 0. The number of nitrogens with zero attached hydrogens (tertiary/aromatic N) is 6. The van der Waals surface area contributed by atoms with Crippen molar-refractivity contribution in [3.8, 4) is 28.7 Å². The van der Waals surface area contributed by atoms with Crippen molar-refractivity contribution in [3.63, 3.8) is 0 Å². The molecule has 4 heterocycles. The summed E-state index contributed by atoms with van der Waals surface area (Å²) in [6.07, 6.45) is -1.35. The Kier molecular flexibility index (Phi) is 6.42. The fourth-order valence-electron chi connectivity index (χ4n) is 3.76. The second kappa shape index (κ2) is 9.65. The Morgan fingerprint density at radius 2 is 1.89 bits per heavy atom. The van der Waals surface area contributed by atoms with E-state index in [1.165, 1.54) is 12.1 Å². The molecule has 5 rings (SSSR count). The van der Waals surface area contributed by atoms with E-state index in [4.69, 9.17) is 4.52 Å². The molecular weight excluding hydrogens is 474 g/mol. The Morgan fingerprint density at radius 1 is 1.11 bits per heavy atom. The molecule has 1 saturated heterocycles. The lowest BCUT2D eigenvalue weighted by molar-refractivity contribution is -0.158. The van der Waals surface area contributed by atoms with Gasteiger partial charge in [-0.3, -0.25) is 4.68 Å². The highest BCUT2D eigenvalue weighted by molar-refractivity contribution is 7.99. The molecule has 0 radical (unpaired) electrons. The number of hydrogen-bond acceptors (Lipinski definition) is 8. The van der Waals surface area contributed by atoms with Crippen molar-refractivity contribution in [2.75, 3.05) is 29.5 Å². The van der Waals surface area contributed by atoms with Gasteiger partial charge in [-0.05, 0) is 48.9 Å². The summed E-state index contributed by atoms with van der Waals surface area (Å²) < 4.78 is 37.9. The predicted octanol–water partition coefficient (Wildman–Crippen LogP) is 4.90. The normalized spacial score (nSPS) is 14.3. The first-order valence-corrected chi connectivity index (χ1v) is 12.3. The molecule has 1 aliphatic heterocycles. The van der Waals surface area contributed by atoms with Gasteiger partial charge in [0.05, 0.1) is 6.54 Å². The van der Waals surface area contributed by atoms with Crippen LogP contribution in [0.1, 0.15) is 18.2 Å². The molecule has 1 aliphatic rings. The molecule has 8 nitrogen and oxygen atoms in total. The Morgan fingerprint density at radius 3 is 2.57 bits per heavy atom. The average molecular weight is 499 g/mol. The second-order valence-corrected chi connectivity index (χ2v) is 9.53. The van der Waals surface area contributed by atoms with Crippen LogP contribution >= 0.6 is 11.8 Å². The van der Waals surface area contributed by atoms with Gasteiger partial charge in [0.1, 0.15) is 11.6 Å². The summed E-state index contributed by atoms with van der Waals surface area (Å²) in [5.41, 5.74) is 3.16. The smallest absolute Gasteiger partial charge is 0.394 e. The first-order chi connectivity index (χ1) is 16.8. The molecule has 0 amide bonds. The van der Waals surface area contributed by atoms with Crippen molar-refractivity contribution in [1.29, 1.82) is 0 Å². The Labute approximate surface area is 205 Å². The van der Waals surface area contributed by atoms with Crippen molar-refractivity contribution >= 4 is 17.6 Å². The number of benzene rings is 1. The number of thioether (sulfide) groups is 1. The summed E-state index contributed by atoms with van der Waals surface area (Å²) in [6.45, 7) is 5.27. The Hall–Kier alpha value is -3.47. The maximum atomic E-state index is 13.0. The van der Waals surface area contributed by atoms with Gasteiger partial charge in [0.25, 0.3) is 5.89 Å². The Balaban J connectivity index is 1.27. The number of anilines is 1. The second-order valence-electron chi connectivity index (χ2n) is 8.31. The molecular formula is C24H24F2N6O2S. The number of halogens is 2. The summed E-state index contributed by atoms with van der Waals surface area (Å²) in [5, 5.41) is 8.63. The molecule has 0 aliphatic carbocycles. The molecule has 4 aromatic rings. The number of pyridine rings is 1. The monoisotopic (exact) mass is 498 g/mol. The largest absolute Gasteiger partial charge is 0.433 e. The van der Waals surface area contributed by atoms with Crippen LogP contribution < -0.4 is 9.64 Å². The zero-order valence-corrected chi connectivity index (χ0v) is 20.1. The van der Waals surface area contributed by atoms with Crippen LogP contribution in [-0.2, 0) is 6.54 Å². The lowest BCUT2D eigenvalue weighted by atomic mass is 10.2. The van der Waals surface area contributed by atoms with E-state index in [0.717, 1.165) is 41.7 Å². The van der Waals surface area contributed by atoms with Gasteiger partial charge in [-0.15, -0.1) is 0 Å². The molecule has 0 atom stereocenters. The molecule has 1 aromatic carbocycles. The first kappa shape index (κ1) is 23.3. The van der Waals surface area contributed by atoms with Crippen LogP contribution in [0.25, 0.3) is 23.0 Å². The van der Waals surface area contributed by atoms with E-state index in [-0.39, 0.29) is 11.6 Å². The van der Waals surface area contributed by atoms with E-state index in [1.807, 2.05) is 35.6 Å². The van der Waals surface area contributed by atoms with Gasteiger partial charge in [-0.1, -0.05) is 11.2 Å². The van der Waals surface area contributed by atoms with Gasteiger partial charge >= 0.3 is 6.11 Å². The predicted molar refractivity (Wildman–Crippen MR) is 130 cm³/mol. The van der Waals surface area contributed by atoms with Crippen LogP contribution in [0.5, 0.6) is 5.75 Å². The third kappa shape index (κ3) is 5.61. The summed E-state index contributed by atoms with van der Waals surface area (Å²) in [6, 6.07) is 12.1. The quantitative estimate of drug-likeness (QED) is 0.356. The summed E-state index contributed by atoms with van der Waals surface area (Å²) in [7, 11) is 0. The van der Waals surface area contributed by atoms with Crippen LogP contribution in [0.4, 0.5) is 14.6 Å². The number of aromatic nitrogens is 5. The van der Waals surface area contributed by atoms with E-state index in [1.54, 1.807) is 12.1 Å². The molecule has 35 heavy (non-hydrogen) atoms. The summed E-state index contributed by atoms with van der Waals surface area (Å²) in [4.78, 5) is 11.4. The molecule has 182 valence electrons. The van der Waals surface area contributed by atoms with Gasteiger partial charge < -0.3 is 14.2 Å². The zero-order chi connectivity index (χ0) is 24.4. The number of alkyl halides is 2. The molecule has 0 saturated carbocycles. The minimum Gasteiger partial charge on any atom is -0.433 e. The minimum atomic E-state index is -3.25. The van der Waals surface area contributed by atoms with Crippen LogP contribution in [0.3, 0.4) is 0 Å². The van der Waals surface area contributed by atoms with E-state index in [0.29, 0.717) is 30.6 Å². The lowest BCUT2D eigenvalue weighted by Gasteiger charge is -2.27. The first-order valence-electron chi connectivity index (χ1n) is 11.2. The SMILES string of the molecule is Cc1cc(-c2nc(-c3ccc(OC(C)(F)F)cc3)no2)nn1Cc1ccc(N2CCSCC2)nc1. The van der Waals surface area contributed by atoms with Crippen LogP contribution in [0, 0.1) is 6.92 Å². The van der Waals surface area contributed by atoms with E-state index >= 15 is 0 Å². The van der Waals surface area contributed by atoms with E-state index in [2.05, 4.69) is 42.0 Å². The van der Waals surface area contributed by atoms with Crippen LogP contribution in [0.2, 0.25) is 0 Å². The molecule has 0 spiro atoms. The van der Waals surface area contributed by atoms with Crippen LogP contribution in [-0.4, -0.2) is 55.6 Å². The number of ether oxygens (including phenoxy) is 1. The molecule has 3 aromatic heterocycles. The van der Waals surface area contributed by atoms with E-state index in [9.17, 15) is 8.78 Å². The van der Waals surface area contributed by atoms with Gasteiger partial charge in [0.2, 0.25) is 5.82 Å². The van der Waals surface area contributed by atoms with Crippen molar-refractivity contribution in [2.24, 2.45) is 0 Å². The third-order valence-electron chi connectivity index (χ3n) is 5.51. The van der Waals surface area contributed by atoms with E-state index < -0.39 is 6.11 Å². The standard InChI is InChI=1S/C24H24F2N6O2S/c1-16-13-20(23-28-22(30-34-23)18-4-6-19(7-5-18)33-24(2,25)26)29-32(16)15-17-3-8-21(27-14-17)31-9-11-35-12-10-31/h3-8,13-14H,9-12,15H2,1-2H3. The molecule has 0 bridgehead atoms. The molecule has 0 unspecified atom stereocenters.